The molecule has 1 atom stereocenters. The van der Waals surface area contributed by atoms with Gasteiger partial charge in [-0.15, -0.1) is 0 Å². The van der Waals surface area contributed by atoms with Crippen molar-refractivity contribution < 1.29 is 14.3 Å². The molecule has 0 spiro atoms. The molecule has 0 aliphatic rings. The highest BCUT2D eigenvalue weighted by Gasteiger charge is 2.16. The Kier molecular flexibility index (Phi) is 7.72. The lowest BCUT2D eigenvalue weighted by atomic mass is 9.97. The molecular formula is C21H24Cl2N2O3. The largest absolute Gasteiger partial charge is 0.496 e. The molecule has 0 heterocycles. The maximum atomic E-state index is 12.2. The van der Waals surface area contributed by atoms with Gasteiger partial charge in [-0.1, -0.05) is 37.0 Å². The molecule has 2 aromatic carbocycles. The molecule has 0 aliphatic heterocycles. The van der Waals surface area contributed by atoms with E-state index >= 15 is 0 Å². The molecule has 1 unspecified atom stereocenters. The van der Waals surface area contributed by atoms with Crippen LogP contribution < -0.4 is 14.9 Å². The maximum Gasteiger partial charge on any atom is 0.280 e. The number of rotatable bonds is 7. The van der Waals surface area contributed by atoms with Crippen LogP contribution in [0.25, 0.3) is 0 Å². The van der Waals surface area contributed by atoms with Crippen molar-refractivity contribution in [3.63, 3.8) is 0 Å². The molecule has 0 aliphatic carbocycles. The zero-order chi connectivity index (χ0) is 20.8. The van der Waals surface area contributed by atoms with E-state index < -0.39 is 12.0 Å². The highest BCUT2D eigenvalue weighted by atomic mass is 35.5. The quantitative estimate of drug-likeness (QED) is 0.482. The van der Waals surface area contributed by atoms with Crippen molar-refractivity contribution in [2.24, 2.45) is 5.10 Å². The maximum absolute atomic E-state index is 12.2. The van der Waals surface area contributed by atoms with E-state index in [2.05, 4.69) is 24.4 Å². The number of hydrazone groups is 1. The summed E-state index contributed by atoms with van der Waals surface area (Å²) in [4.78, 5) is 12.2. The number of halogens is 2. The molecule has 0 bridgehead atoms. The van der Waals surface area contributed by atoms with E-state index in [0.717, 1.165) is 22.4 Å². The molecular weight excluding hydrogens is 399 g/mol. The molecule has 0 radical (unpaired) electrons. The number of nitrogens with zero attached hydrogens (tertiary/aromatic N) is 1. The number of hydrogen-bond acceptors (Lipinski definition) is 4. The monoisotopic (exact) mass is 422 g/mol. The number of benzene rings is 2. The van der Waals surface area contributed by atoms with Gasteiger partial charge in [0.05, 0.1) is 18.3 Å². The minimum atomic E-state index is -0.779. The molecule has 0 fully saturated rings. The van der Waals surface area contributed by atoms with Gasteiger partial charge in [0.2, 0.25) is 0 Å². The fraction of sp³-hybridized carbons (Fsp3) is 0.333. The molecule has 1 N–H and O–H groups in total. The first-order chi connectivity index (χ1) is 13.2. The Hall–Kier alpha value is -2.24. The number of nitrogens with one attached hydrogen (secondary N) is 1. The first kappa shape index (κ1) is 22.1. The van der Waals surface area contributed by atoms with Crippen molar-refractivity contribution in [3.05, 3.63) is 57.1 Å². The third kappa shape index (κ3) is 5.63. The van der Waals surface area contributed by atoms with Crippen molar-refractivity contribution >= 4 is 35.3 Å². The Bertz CT molecular complexity index is 882. The van der Waals surface area contributed by atoms with Gasteiger partial charge >= 0.3 is 0 Å². The van der Waals surface area contributed by atoms with Crippen LogP contribution in [0.3, 0.4) is 0 Å². The lowest BCUT2D eigenvalue weighted by molar-refractivity contribution is -0.127. The van der Waals surface area contributed by atoms with Crippen LogP contribution in [0.15, 0.2) is 35.4 Å². The summed E-state index contributed by atoms with van der Waals surface area (Å²) in [5, 5.41) is 4.89. The average molecular weight is 423 g/mol. The summed E-state index contributed by atoms with van der Waals surface area (Å²) in [6, 6.07) is 8.80. The highest BCUT2D eigenvalue weighted by Crippen LogP contribution is 2.29. The summed E-state index contributed by atoms with van der Waals surface area (Å²) in [7, 11) is 1.66. The number of carbonyl (C=O) groups is 1. The number of hydrogen-bond donors (Lipinski definition) is 1. The van der Waals surface area contributed by atoms with E-state index in [1.54, 1.807) is 38.4 Å². The fourth-order valence-corrected chi connectivity index (χ4v) is 3.01. The van der Waals surface area contributed by atoms with Gasteiger partial charge in [0.1, 0.15) is 11.5 Å². The van der Waals surface area contributed by atoms with Gasteiger partial charge in [-0.2, -0.15) is 5.10 Å². The van der Waals surface area contributed by atoms with E-state index in [4.69, 9.17) is 32.7 Å². The lowest BCUT2D eigenvalue weighted by Crippen LogP contribution is -2.33. The molecule has 5 nitrogen and oxygen atoms in total. The summed E-state index contributed by atoms with van der Waals surface area (Å²) in [5.41, 5.74) is 5.47. The number of amides is 1. The molecule has 1 amide bonds. The third-order valence-electron chi connectivity index (χ3n) is 4.19. The average Bonchev–Trinajstić information content (AvgIpc) is 2.64. The fourth-order valence-electron chi connectivity index (χ4n) is 2.55. The van der Waals surface area contributed by atoms with E-state index in [0.29, 0.717) is 21.7 Å². The summed E-state index contributed by atoms with van der Waals surface area (Å²) in [5.74, 6) is 1.13. The predicted octanol–water partition coefficient (Wildman–Crippen LogP) is 5.35. The van der Waals surface area contributed by atoms with Crippen molar-refractivity contribution in [2.75, 3.05) is 7.11 Å². The molecule has 0 saturated carbocycles. The number of aryl methyl sites for hydroxylation is 1. The van der Waals surface area contributed by atoms with Crippen LogP contribution in [0, 0.1) is 6.92 Å². The van der Waals surface area contributed by atoms with Crippen LogP contribution in [0.4, 0.5) is 0 Å². The SMILES string of the molecule is COc1cc(C)c(/C=N/NC(=O)C(C)Oc2ccc(Cl)cc2Cl)cc1C(C)C. The Morgan fingerprint density at radius 1 is 1.14 bits per heavy atom. The Labute approximate surface area is 175 Å². The second kappa shape index (κ2) is 9.80. The van der Waals surface area contributed by atoms with Gasteiger partial charge in [-0.05, 0) is 66.8 Å². The van der Waals surface area contributed by atoms with Crippen LogP contribution in [0.5, 0.6) is 11.5 Å². The predicted molar refractivity (Wildman–Crippen MR) is 114 cm³/mol. The second-order valence-corrected chi connectivity index (χ2v) is 7.52. The minimum absolute atomic E-state index is 0.301. The normalized spacial score (nSPS) is 12.3. The van der Waals surface area contributed by atoms with E-state index in [9.17, 15) is 4.79 Å². The Balaban J connectivity index is 2.05. The van der Waals surface area contributed by atoms with Crippen LogP contribution in [0.1, 0.15) is 43.4 Å². The number of ether oxygens (including phenoxy) is 2. The molecule has 28 heavy (non-hydrogen) atoms. The second-order valence-electron chi connectivity index (χ2n) is 6.67. The molecule has 7 heteroatoms. The first-order valence-corrected chi connectivity index (χ1v) is 9.61. The van der Waals surface area contributed by atoms with Gasteiger partial charge in [-0.3, -0.25) is 4.79 Å². The van der Waals surface area contributed by atoms with Crippen LogP contribution in [0.2, 0.25) is 10.0 Å². The molecule has 2 rings (SSSR count). The first-order valence-electron chi connectivity index (χ1n) is 8.86. The van der Waals surface area contributed by atoms with Crippen LogP contribution in [-0.4, -0.2) is 25.3 Å². The van der Waals surface area contributed by atoms with Gasteiger partial charge in [-0.25, -0.2) is 5.43 Å². The standard InChI is InChI=1S/C21H24Cl2N2O3/c1-12(2)17-9-15(13(3)8-20(17)27-5)11-24-25-21(26)14(4)28-19-7-6-16(22)10-18(19)23/h6-12,14H,1-5H3,(H,25,26)/b24-11+. The van der Waals surface area contributed by atoms with E-state index in [1.165, 1.54) is 0 Å². The third-order valence-corrected chi connectivity index (χ3v) is 4.72. The summed E-state index contributed by atoms with van der Waals surface area (Å²) in [6.45, 7) is 7.77. The molecule has 2 aromatic rings. The minimum Gasteiger partial charge on any atom is -0.496 e. The van der Waals surface area contributed by atoms with Gasteiger partial charge in [0.25, 0.3) is 5.91 Å². The number of carbonyl (C=O) groups excluding carboxylic acids is 1. The van der Waals surface area contributed by atoms with Crippen molar-refractivity contribution in [1.29, 1.82) is 0 Å². The topological polar surface area (TPSA) is 59.9 Å². The molecule has 150 valence electrons. The summed E-state index contributed by atoms with van der Waals surface area (Å²) < 4.78 is 11.0. The summed E-state index contributed by atoms with van der Waals surface area (Å²) in [6.07, 6.45) is 0.833. The van der Waals surface area contributed by atoms with E-state index in [-0.39, 0.29) is 0 Å². The lowest BCUT2D eigenvalue weighted by Gasteiger charge is -2.15. The van der Waals surface area contributed by atoms with Gasteiger partial charge < -0.3 is 9.47 Å². The van der Waals surface area contributed by atoms with Crippen LogP contribution in [-0.2, 0) is 4.79 Å². The van der Waals surface area contributed by atoms with Crippen LogP contribution >= 0.6 is 23.2 Å². The molecule has 0 aromatic heterocycles. The zero-order valence-corrected chi connectivity index (χ0v) is 18.1. The highest BCUT2D eigenvalue weighted by molar-refractivity contribution is 6.35. The zero-order valence-electron chi connectivity index (χ0n) is 16.5. The smallest absolute Gasteiger partial charge is 0.280 e. The number of methoxy groups -OCH3 is 1. The summed E-state index contributed by atoms with van der Waals surface area (Å²) >= 11 is 11.9. The van der Waals surface area contributed by atoms with Crippen molar-refractivity contribution in [1.82, 2.24) is 5.43 Å². The van der Waals surface area contributed by atoms with Gasteiger partial charge in [0, 0.05) is 5.02 Å². The van der Waals surface area contributed by atoms with Crippen molar-refractivity contribution in [3.8, 4) is 11.5 Å². The Morgan fingerprint density at radius 2 is 1.86 bits per heavy atom. The van der Waals surface area contributed by atoms with E-state index in [1.807, 2.05) is 19.1 Å². The molecule has 0 saturated heterocycles. The van der Waals surface area contributed by atoms with Gasteiger partial charge in [0.15, 0.2) is 6.10 Å². The Morgan fingerprint density at radius 3 is 2.46 bits per heavy atom. The van der Waals surface area contributed by atoms with Crippen molar-refractivity contribution in [2.45, 2.75) is 39.7 Å².